The van der Waals surface area contributed by atoms with Crippen molar-refractivity contribution in [1.82, 2.24) is 5.32 Å². The molecule has 0 aliphatic heterocycles. The topological polar surface area (TPSA) is 21.3 Å². The molecule has 1 atom stereocenters. The summed E-state index contributed by atoms with van der Waals surface area (Å²) in [6, 6.07) is 12.3. The van der Waals surface area contributed by atoms with Crippen LogP contribution in [0.1, 0.15) is 24.1 Å². The molecular weight excluding hydrogens is 321 g/mol. The average Bonchev–Trinajstić information content (AvgIpc) is 2.46. The Morgan fingerprint density at radius 1 is 1.20 bits per heavy atom. The number of rotatable bonds is 5. The van der Waals surface area contributed by atoms with Crippen LogP contribution in [0.25, 0.3) is 0 Å². The van der Waals surface area contributed by atoms with Crippen molar-refractivity contribution in [1.29, 1.82) is 0 Å². The van der Waals surface area contributed by atoms with Crippen molar-refractivity contribution in [3.8, 4) is 5.75 Å². The van der Waals surface area contributed by atoms with Crippen molar-refractivity contribution in [3.63, 3.8) is 0 Å². The van der Waals surface area contributed by atoms with Gasteiger partial charge in [0.1, 0.15) is 11.6 Å². The van der Waals surface area contributed by atoms with Crippen LogP contribution < -0.4 is 10.1 Å². The summed E-state index contributed by atoms with van der Waals surface area (Å²) in [4.78, 5) is 0. The smallest absolute Gasteiger partial charge is 0.128 e. The fraction of sp³-hybridized carbons (Fsp3) is 0.250. The number of hydrogen-bond donors (Lipinski definition) is 1. The molecule has 4 heteroatoms. The van der Waals surface area contributed by atoms with Crippen LogP contribution in [0.3, 0.4) is 0 Å². The zero-order chi connectivity index (χ0) is 14.5. The van der Waals surface area contributed by atoms with Crippen molar-refractivity contribution in [2.75, 3.05) is 13.7 Å². The zero-order valence-corrected chi connectivity index (χ0v) is 13.1. The van der Waals surface area contributed by atoms with Crippen LogP contribution in [0.5, 0.6) is 5.75 Å². The Hall–Kier alpha value is -1.39. The Bertz CT molecular complexity index is 588. The maximum absolute atomic E-state index is 14.1. The minimum Gasteiger partial charge on any atom is -0.496 e. The van der Waals surface area contributed by atoms with Gasteiger partial charge in [-0.2, -0.15) is 0 Å². The van der Waals surface area contributed by atoms with E-state index in [1.165, 1.54) is 6.07 Å². The van der Waals surface area contributed by atoms with Gasteiger partial charge in [0.2, 0.25) is 0 Å². The van der Waals surface area contributed by atoms with Crippen LogP contribution in [0.15, 0.2) is 46.9 Å². The van der Waals surface area contributed by atoms with Crippen LogP contribution in [-0.2, 0) is 0 Å². The van der Waals surface area contributed by atoms with Gasteiger partial charge < -0.3 is 10.1 Å². The fourth-order valence-corrected chi connectivity index (χ4v) is 2.56. The number of hydrogen-bond acceptors (Lipinski definition) is 2. The highest BCUT2D eigenvalue weighted by Gasteiger charge is 2.20. The van der Waals surface area contributed by atoms with Gasteiger partial charge in [0, 0.05) is 15.6 Å². The summed E-state index contributed by atoms with van der Waals surface area (Å²) in [6.45, 7) is 2.73. The van der Waals surface area contributed by atoms with E-state index in [0.29, 0.717) is 5.56 Å². The van der Waals surface area contributed by atoms with Gasteiger partial charge in [0.05, 0.1) is 13.2 Å². The summed E-state index contributed by atoms with van der Waals surface area (Å²) >= 11 is 3.42. The molecule has 0 aliphatic rings. The number of ether oxygens (including phenoxy) is 1. The highest BCUT2D eigenvalue weighted by molar-refractivity contribution is 9.10. The molecule has 1 unspecified atom stereocenters. The molecule has 0 amide bonds. The molecule has 0 saturated carbocycles. The molecule has 2 aromatic carbocycles. The molecule has 106 valence electrons. The van der Waals surface area contributed by atoms with Gasteiger partial charge in [0.15, 0.2) is 0 Å². The lowest BCUT2D eigenvalue weighted by molar-refractivity contribution is 0.403. The third kappa shape index (κ3) is 3.19. The van der Waals surface area contributed by atoms with Gasteiger partial charge in [-0.3, -0.25) is 0 Å². The van der Waals surface area contributed by atoms with Crippen LogP contribution in [0.4, 0.5) is 4.39 Å². The van der Waals surface area contributed by atoms with Crippen LogP contribution in [-0.4, -0.2) is 13.7 Å². The largest absolute Gasteiger partial charge is 0.496 e. The minimum absolute atomic E-state index is 0.219. The van der Waals surface area contributed by atoms with Gasteiger partial charge in [-0.25, -0.2) is 4.39 Å². The van der Waals surface area contributed by atoms with Crippen molar-refractivity contribution in [3.05, 3.63) is 63.9 Å². The summed E-state index contributed by atoms with van der Waals surface area (Å²) in [7, 11) is 1.62. The minimum atomic E-state index is -0.232. The van der Waals surface area contributed by atoms with E-state index >= 15 is 0 Å². The quantitative estimate of drug-likeness (QED) is 0.878. The Morgan fingerprint density at radius 2 is 1.95 bits per heavy atom. The molecule has 2 rings (SSSR count). The Labute approximate surface area is 127 Å². The molecule has 1 N–H and O–H groups in total. The van der Waals surface area contributed by atoms with E-state index in [4.69, 9.17) is 4.74 Å². The van der Waals surface area contributed by atoms with E-state index < -0.39 is 0 Å². The van der Waals surface area contributed by atoms with E-state index in [-0.39, 0.29) is 11.9 Å². The van der Waals surface area contributed by atoms with Gasteiger partial charge in [0.25, 0.3) is 0 Å². The average molecular weight is 338 g/mol. The highest BCUT2D eigenvalue weighted by Crippen LogP contribution is 2.33. The highest BCUT2D eigenvalue weighted by atomic mass is 79.9. The van der Waals surface area contributed by atoms with Crippen LogP contribution in [0.2, 0.25) is 0 Å². The zero-order valence-electron chi connectivity index (χ0n) is 11.5. The third-order valence-electron chi connectivity index (χ3n) is 3.13. The molecule has 0 heterocycles. The van der Waals surface area contributed by atoms with Gasteiger partial charge >= 0.3 is 0 Å². The summed E-state index contributed by atoms with van der Waals surface area (Å²) in [5.41, 5.74) is 1.54. The summed E-state index contributed by atoms with van der Waals surface area (Å²) < 4.78 is 20.4. The molecule has 0 spiro atoms. The first kappa shape index (κ1) is 15.0. The summed E-state index contributed by atoms with van der Waals surface area (Å²) in [6.07, 6.45) is 0. The van der Waals surface area contributed by atoms with Crippen molar-refractivity contribution < 1.29 is 9.13 Å². The van der Waals surface area contributed by atoms with E-state index in [9.17, 15) is 4.39 Å². The van der Waals surface area contributed by atoms with Crippen molar-refractivity contribution in [2.45, 2.75) is 13.0 Å². The monoisotopic (exact) mass is 337 g/mol. The van der Waals surface area contributed by atoms with E-state index in [1.54, 1.807) is 19.2 Å². The van der Waals surface area contributed by atoms with E-state index in [0.717, 1.165) is 22.3 Å². The standard InChI is InChI=1S/C16H17BrFNO/c1-3-19-16(12-6-4-5-7-14(12)18)13-9-8-11(17)10-15(13)20-2/h4-10,16,19H,3H2,1-2H3. The Morgan fingerprint density at radius 3 is 2.60 bits per heavy atom. The third-order valence-corrected chi connectivity index (χ3v) is 3.62. The lowest BCUT2D eigenvalue weighted by Crippen LogP contribution is -2.23. The summed E-state index contributed by atoms with van der Waals surface area (Å²) in [5, 5.41) is 3.31. The molecule has 0 fully saturated rings. The Balaban J connectivity index is 2.51. The van der Waals surface area contributed by atoms with E-state index in [1.807, 2.05) is 31.2 Å². The predicted octanol–water partition coefficient (Wildman–Crippen LogP) is 4.30. The molecular formula is C16H17BrFNO. The van der Waals surface area contributed by atoms with Crippen LogP contribution >= 0.6 is 15.9 Å². The number of benzene rings is 2. The number of halogens is 2. The molecule has 0 radical (unpaired) electrons. The fourth-order valence-electron chi connectivity index (χ4n) is 2.22. The second kappa shape index (κ2) is 6.86. The molecule has 0 aromatic heterocycles. The lowest BCUT2D eigenvalue weighted by Gasteiger charge is -2.22. The molecule has 20 heavy (non-hydrogen) atoms. The van der Waals surface area contributed by atoms with Gasteiger partial charge in [-0.05, 0) is 24.7 Å². The second-order valence-corrected chi connectivity index (χ2v) is 5.31. The Kier molecular flexibility index (Phi) is 5.15. The van der Waals surface area contributed by atoms with E-state index in [2.05, 4.69) is 21.2 Å². The predicted molar refractivity (Wildman–Crippen MR) is 82.6 cm³/mol. The lowest BCUT2D eigenvalue weighted by atomic mass is 9.97. The van der Waals surface area contributed by atoms with Crippen molar-refractivity contribution in [2.24, 2.45) is 0 Å². The molecule has 0 bridgehead atoms. The van der Waals surface area contributed by atoms with Crippen LogP contribution in [0, 0.1) is 5.82 Å². The first-order valence-electron chi connectivity index (χ1n) is 6.48. The molecule has 2 aromatic rings. The first-order chi connectivity index (χ1) is 9.67. The molecule has 0 saturated heterocycles. The maximum Gasteiger partial charge on any atom is 0.128 e. The SMILES string of the molecule is CCNC(c1ccccc1F)c1ccc(Br)cc1OC. The number of nitrogens with one attached hydrogen (secondary N) is 1. The normalized spacial score (nSPS) is 12.2. The second-order valence-electron chi connectivity index (χ2n) is 4.40. The maximum atomic E-state index is 14.1. The first-order valence-corrected chi connectivity index (χ1v) is 7.28. The van der Waals surface area contributed by atoms with Gasteiger partial charge in [-0.1, -0.05) is 47.1 Å². The number of methoxy groups -OCH3 is 1. The summed E-state index contributed by atoms with van der Waals surface area (Å²) in [5.74, 6) is 0.511. The molecule has 0 aliphatic carbocycles. The molecule has 2 nitrogen and oxygen atoms in total. The van der Waals surface area contributed by atoms with Gasteiger partial charge in [-0.15, -0.1) is 0 Å². The van der Waals surface area contributed by atoms with Crippen molar-refractivity contribution >= 4 is 15.9 Å².